The molecular formula is C15H17N5O2. The van der Waals surface area contributed by atoms with E-state index in [4.69, 9.17) is 0 Å². The minimum atomic E-state index is -0.240. The normalized spacial score (nSPS) is 11.1. The Kier molecular flexibility index (Phi) is 4.67. The summed E-state index contributed by atoms with van der Waals surface area (Å²) in [6.07, 6.45) is 0. The standard InChI is InChI=1S/C15H17N5O2/c1-9-7-14(22)18-15(16-9)20-19-10(2)12-5-4-6-13(8-12)17-11(3)21/h4-8H,1-3H3,(H,17,21)(H2,16,18,20,22)/b19-10-. The van der Waals surface area contributed by atoms with Gasteiger partial charge in [0.25, 0.3) is 5.56 Å². The maximum Gasteiger partial charge on any atom is 0.252 e. The van der Waals surface area contributed by atoms with Crippen LogP contribution in [0.5, 0.6) is 0 Å². The monoisotopic (exact) mass is 299 g/mol. The van der Waals surface area contributed by atoms with Gasteiger partial charge in [-0.15, -0.1) is 0 Å². The second kappa shape index (κ2) is 6.66. The van der Waals surface area contributed by atoms with E-state index in [9.17, 15) is 9.59 Å². The molecule has 1 aromatic heterocycles. The van der Waals surface area contributed by atoms with Gasteiger partial charge >= 0.3 is 0 Å². The van der Waals surface area contributed by atoms with E-state index in [0.717, 1.165) is 5.56 Å². The van der Waals surface area contributed by atoms with Crippen LogP contribution in [0.4, 0.5) is 11.6 Å². The van der Waals surface area contributed by atoms with Gasteiger partial charge in [-0.2, -0.15) is 5.10 Å². The molecule has 2 aromatic rings. The molecule has 0 fully saturated rings. The molecule has 0 atom stereocenters. The van der Waals surface area contributed by atoms with Gasteiger partial charge in [0.15, 0.2) is 0 Å². The van der Waals surface area contributed by atoms with E-state index >= 15 is 0 Å². The molecule has 0 unspecified atom stereocenters. The van der Waals surface area contributed by atoms with Crippen molar-refractivity contribution in [2.75, 3.05) is 10.7 Å². The molecule has 22 heavy (non-hydrogen) atoms. The maximum absolute atomic E-state index is 11.3. The lowest BCUT2D eigenvalue weighted by Crippen LogP contribution is -2.11. The first-order valence-electron chi connectivity index (χ1n) is 6.70. The maximum atomic E-state index is 11.3. The Morgan fingerprint density at radius 3 is 2.73 bits per heavy atom. The van der Waals surface area contributed by atoms with Gasteiger partial charge in [-0.3, -0.25) is 14.6 Å². The Labute approximate surface area is 127 Å². The number of hydrazone groups is 1. The van der Waals surface area contributed by atoms with E-state index < -0.39 is 0 Å². The number of nitrogens with one attached hydrogen (secondary N) is 3. The number of nitrogens with zero attached hydrogens (tertiary/aromatic N) is 2. The number of benzene rings is 1. The summed E-state index contributed by atoms with van der Waals surface area (Å²) in [7, 11) is 0. The molecule has 7 nitrogen and oxygen atoms in total. The summed E-state index contributed by atoms with van der Waals surface area (Å²) in [5, 5.41) is 6.90. The van der Waals surface area contributed by atoms with Gasteiger partial charge in [0, 0.05) is 24.4 Å². The lowest BCUT2D eigenvalue weighted by molar-refractivity contribution is -0.114. The molecule has 7 heteroatoms. The Morgan fingerprint density at radius 2 is 2.05 bits per heavy atom. The molecule has 0 bridgehead atoms. The van der Waals surface area contributed by atoms with Crippen molar-refractivity contribution >= 4 is 23.3 Å². The Morgan fingerprint density at radius 1 is 1.27 bits per heavy atom. The highest BCUT2D eigenvalue weighted by Crippen LogP contribution is 2.11. The lowest BCUT2D eigenvalue weighted by atomic mass is 10.1. The number of hydrogen-bond donors (Lipinski definition) is 3. The minimum absolute atomic E-state index is 0.133. The van der Waals surface area contributed by atoms with Gasteiger partial charge in [-0.1, -0.05) is 12.1 Å². The molecule has 114 valence electrons. The topological polar surface area (TPSA) is 99.2 Å². The van der Waals surface area contributed by atoms with Gasteiger partial charge < -0.3 is 5.32 Å². The molecule has 1 heterocycles. The Hall–Kier alpha value is -2.96. The largest absolute Gasteiger partial charge is 0.326 e. The van der Waals surface area contributed by atoms with E-state index in [1.54, 1.807) is 13.0 Å². The van der Waals surface area contributed by atoms with Crippen LogP contribution in [0.15, 0.2) is 40.2 Å². The zero-order valence-corrected chi connectivity index (χ0v) is 12.6. The van der Waals surface area contributed by atoms with Crippen molar-refractivity contribution in [1.29, 1.82) is 0 Å². The highest BCUT2D eigenvalue weighted by Gasteiger charge is 2.02. The van der Waals surface area contributed by atoms with E-state index in [1.165, 1.54) is 13.0 Å². The first-order chi connectivity index (χ1) is 10.4. The van der Waals surface area contributed by atoms with Crippen molar-refractivity contribution in [1.82, 2.24) is 9.97 Å². The molecule has 0 radical (unpaired) electrons. The van der Waals surface area contributed by atoms with Crippen molar-refractivity contribution in [2.45, 2.75) is 20.8 Å². The summed E-state index contributed by atoms with van der Waals surface area (Å²) in [6.45, 7) is 5.00. The van der Waals surface area contributed by atoms with Gasteiger partial charge in [-0.25, -0.2) is 10.4 Å². The zero-order chi connectivity index (χ0) is 16.1. The third-order valence-corrected chi connectivity index (χ3v) is 2.80. The van der Waals surface area contributed by atoms with Crippen molar-refractivity contribution in [3.05, 3.63) is 51.9 Å². The zero-order valence-electron chi connectivity index (χ0n) is 12.6. The highest BCUT2D eigenvalue weighted by atomic mass is 16.1. The second-order valence-electron chi connectivity index (χ2n) is 4.81. The predicted molar refractivity (Wildman–Crippen MR) is 86.2 cm³/mol. The number of aromatic amines is 1. The number of carbonyl (C=O) groups is 1. The Bertz CT molecular complexity index is 779. The fourth-order valence-electron chi connectivity index (χ4n) is 1.86. The van der Waals surface area contributed by atoms with Crippen LogP contribution < -0.4 is 16.3 Å². The molecule has 3 N–H and O–H groups in total. The molecule has 0 aliphatic carbocycles. The molecular weight excluding hydrogens is 282 g/mol. The minimum Gasteiger partial charge on any atom is -0.326 e. The molecule has 0 saturated heterocycles. The van der Waals surface area contributed by atoms with Crippen LogP contribution in [0.3, 0.4) is 0 Å². The molecule has 0 saturated carbocycles. The summed E-state index contributed by atoms with van der Waals surface area (Å²) >= 11 is 0. The van der Waals surface area contributed by atoms with E-state index in [2.05, 4.69) is 25.8 Å². The average molecular weight is 299 g/mol. The summed E-state index contributed by atoms with van der Waals surface area (Å²) in [5.41, 5.74) is 5.31. The smallest absolute Gasteiger partial charge is 0.252 e. The summed E-state index contributed by atoms with van der Waals surface area (Å²) in [4.78, 5) is 29.1. The third-order valence-electron chi connectivity index (χ3n) is 2.80. The number of hydrogen-bond acceptors (Lipinski definition) is 5. The van der Waals surface area contributed by atoms with Gasteiger partial charge in [0.2, 0.25) is 11.9 Å². The van der Waals surface area contributed by atoms with Gasteiger partial charge in [0.1, 0.15) is 0 Å². The number of aryl methyl sites for hydroxylation is 1. The molecule has 0 aliphatic rings. The average Bonchev–Trinajstić information content (AvgIpc) is 2.43. The van der Waals surface area contributed by atoms with Crippen LogP contribution in [0.2, 0.25) is 0 Å². The van der Waals surface area contributed by atoms with Gasteiger partial charge in [0.05, 0.1) is 5.71 Å². The number of amides is 1. The highest BCUT2D eigenvalue weighted by molar-refractivity contribution is 6.00. The number of anilines is 2. The van der Waals surface area contributed by atoms with Crippen LogP contribution >= 0.6 is 0 Å². The lowest BCUT2D eigenvalue weighted by Gasteiger charge is -2.06. The Balaban J connectivity index is 2.18. The predicted octanol–water partition coefficient (Wildman–Crippen LogP) is 1.87. The molecule has 2 rings (SSSR count). The summed E-state index contributed by atoms with van der Waals surface area (Å²) < 4.78 is 0. The summed E-state index contributed by atoms with van der Waals surface area (Å²) in [5.74, 6) is 0.147. The number of carbonyl (C=O) groups excluding carboxylic acids is 1. The molecule has 1 amide bonds. The fraction of sp³-hybridized carbons (Fsp3) is 0.200. The van der Waals surface area contributed by atoms with Gasteiger partial charge in [-0.05, 0) is 31.5 Å². The van der Waals surface area contributed by atoms with Crippen LogP contribution in [0.25, 0.3) is 0 Å². The quantitative estimate of drug-likeness (QED) is 0.593. The van der Waals surface area contributed by atoms with Crippen molar-refractivity contribution < 1.29 is 4.79 Å². The van der Waals surface area contributed by atoms with Crippen LogP contribution in [0.1, 0.15) is 25.1 Å². The molecule has 0 aliphatic heterocycles. The first kappa shape index (κ1) is 15.4. The van der Waals surface area contributed by atoms with E-state index in [1.807, 2.05) is 25.1 Å². The number of H-pyrrole nitrogens is 1. The number of aromatic nitrogens is 2. The summed E-state index contributed by atoms with van der Waals surface area (Å²) in [6, 6.07) is 8.71. The molecule has 0 spiro atoms. The van der Waals surface area contributed by atoms with Crippen molar-refractivity contribution in [3.63, 3.8) is 0 Å². The molecule has 1 aromatic carbocycles. The van der Waals surface area contributed by atoms with Crippen molar-refractivity contribution in [2.24, 2.45) is 5.10 Å². The van der Waals surface area contributed by atoms with Crippen LogP contribution in [0, 0.1) is 6.92 Å². The fourth-order valence-corrected chi connectivity index (χ4v) is 1.86. The third kappa shape index (κ3) is 4.27. The van der Waals surface area contributed by atoms with Crippen LogP contribution in [-0.4, -0.2) is 21.6 Å². The first-order valence-corrected chi connectivity index (χ1v) is 6.70. The van der Waals surface area contributed by atoms with E-state index in [-0.39, 0.29) is 17.4 Å². The van der Waals surface area contributed by atoms with E-state index in [0.29, 0.717) is 17.1 Å². The van der Waals surface area contributed by atoms with Crippen molar-refractivity contribution in [3.8, 4) is 0 Å². The second-order valence-corrected chi connectivity index (χ2v) is 4.81. The SMILES string of the molecule is CC(=O)Nc1cccc(/C(C)=N\Nc2nc(C)cc(=O)[nH]2)c1. The van der Waals surface area contributed by atoms with Crippen LogP contribution in [-0.2, 0) is 4.79 Å². The number of rotatable bonds is 4.